The van der Waals surface area contributed by atoms with E-state index in [9.17, 15) is 0 Å². The molecule has 0 spiro atoms. The molecule has 0 rings (SSSR count). The van der Waals surface area contributed by atoms with Gasteiger partial charge in [0.1, 0.15) is 0 Å². The minimum absolute atomic E-state index is 0.360. The van der Waals surface area contributed by atoms with Gasteiger partial charge in [0.05, 0.1) is 0 Å². The molecule has 0 fully saturated rings. The first kappa shape index (κ1) is 27.3. The van der Waals surface area contributed by atoms with Crippen molar-refractivity contribution in [1.82, 2.24) is 0 Å². The van der Waals surface area contributed by atoms with E-state index in [1.54, 1.807) is 30.8 Å². The van der Waals surface area contributed by atoms with E-state index in [4.69, 9.17) is 0 Å². The van der Waals surface area contributed by atoms with Gasteiger partial charge in [0.15, 0.2) is 0 Å². The molecular weight excluding hydrogens is 369 g/mol. The van der Waals surface area contributed by atoms with Gasteiger partial charge in [-0.15, -0.1) is 23.8 Å². The van der Waals surface area contributed by atoms with Gasteiger partial charge >= 0.3 is 0 Å². The van der Waals surface area contributed by atoms with Crippen molar-refractivity contribution in [3.63, 3.8) is 0 Å². The Kier molecular flexibility index (Phi) is 22.1. The Hall–Kier alpha value is 1.29. The lowest BCUT2D eigenvalue weighted by Gasteiger charge is -2.20. The van der Waals surface area contributed by atoms with E-state index in [1.165, 1.54) is 82.4 Å². The first-order valence-electron chi connectivity index (χ1n) is 11.9. The predicted molar refractivity (Wildman–Crippen MR) is 134 cm³/mol. The van der Waals surface area contributed by atoms with E-state index in [0.29, 0.717) is 23.8 Å². The van der Waals surface area contributed by atoms with Crippen LogP contribution in [-0.2, 0) is 0 Å². The van der Waals surface area contributed by atoms with Crippen molar-refractivity contribution in [2.24, 2.45) is 0 Å². The Balaban J connectivity index is 3.94. The molecule has 0 saturated carbocycles. The molecule has 0 aliphatic rings. The molecule has 0 aliphatic carbocycles. The second-order valence-electron chi connectivity index (χ2n) is 7.94. The summed E-state index contributed by atoms with van der Waals surface area (Å²) in [6, 6.07) is 0. The maximum Gasteiger partial charge on any atom is -0.0326 e. The molecule has 0 unspecified atom stereocenters. The van der Waals surface area contributed by atoms with Crippen molar-refractivity contribution in [2.45, 2.75) is 92.4 Å². The Bertz CT molecular complexity index is 234. The molecule has 158 valence electrons. The predicted octanol–water partition coefficient (Wildman–Crippen LogP) is 9.04. The third kappa shape index (κ3) is 16.3. The van der Waals surface area contributed by atoms with Crippen LogP contribution in [0.4, 0.5) is 0 Å². The molecule has 0 saturated heterocycles. The van der Waals surface area contributed by atoms with Gasteiger partial charge in [-0.3, -0.25) is 0 Å². The Labute approximate surface area is 171 Å². The van der Waals surface area contributed by atoms with Crippen molar-refractivity contribution >= 4 is 23.8 Å². The molecule has 0 aromatic carbocycles. The normalized spacial score (nSPS) is 12.0. The average Bonchev–Trinajstić information content (AvgIpc) is 2.62. The fraction of sp³-hybridized carbons (Fsp3) is 1.00. The van der Waals surface area contributed by atoms with Gasteiger partial charge in [-0.2, -0.15) is 0 Å². The van der Waals surface area contributed by atoms with E-state index in [2.05, 4.69) is 34.6 Å². The van der Waals surface area contributed by atoms with Gasteiger partial charge in [0.2, 0.25) is 0 Å². The number of hydrogen-bond donors (Lipinski definition) is 0. The minimum atomic E-state index is 0.360. The zero-order chi connectivity index (χ0) is 19.5. The summed E-state index contributed by atoms with van der Waals surface area (Å²) in [4.78, 5) is 0. The summed E-state index contributed by atoms with van der Waals surface area (Å²) in [6.07, 6.45) is 27.2. The summed E-state index contributed by atoms with van der Waals surface area (Å²) in [7, 11) is 1.12. The number of hydrogen-bond acceptors (Lipinski definition) is 0. The fourth-order valence-corrected chi connectivity index (χ4v) is 11.8. The summed E-state index contributed by atoms with van der Waals surface area (Å²) in [5.74, 6) is 0. The molecular formula is C23H51P3. The maximum atomic E-state index is 2.40. The van der Waals surface area contributed by atoms with Crippen LogP contribution in [0.15, 0.2) is 0 Å². The molecule has 3 heteroatoms. The van der Waals surface area contributed by atoms with Gasteiger partial charge in [0.25, 0.3) is 0 Å². The van der Waals surface area contributed by atoms with E-state index >= 15 is 0 Å². The number of rotatable bonds is 20. The highest BCUT2D eigenvalue weighted by molar-refractivity contribution is 7.58. The van der Waals surface area contributed by atoms with Crippen molar-refractivity contribution in [2.75, 3.05) is 55.5 Å². The molecule has 0 amide bonds. The highest BCUT2D eigenvalue weighted by atomic mass is 31.1. The second kappa shape index (κ2) is 21.0. The molecule has 0 heterocycles. The lowest BCUT2D eigenvalue weighted by molar-refractivity contribution is 0.862. The van der Waals surface area contributed by atoms with Crippen LogP contribution in [-0.4, -0.2) is 55.5 Å². The third-order valence-corrected chi connectivity index (χ3v) is 14.3. The molecule has 0 atom stereocenters. The highest BCUT2D eigenvalue weighted by Crippen LogP contribution is 2.42. The Morgan fingerprint density at radius 1 is 0.308 bits per heavy atom. The van der Waals surface area contributed by atoms with E-state index in [0.717, 1.165) is 0 Å². The molecule has 0 aliphatic heterocycles. The standard InChI is InChI=1S/C23H51P3/c1-6-15-24(16-7-2)20-11-13-22-26(19-10-5)23-14-12-21-25(17-8-3)18-9-4/h6-23H2,1-5H3. The van der Waals surface area contributed by atoms with Crippen molar-refractivity contribution in [1.29, 1.82) is 0 Å². The molecule has 0 N–H and O–H groups in total. The fourth-order valence-electron chi connectivity index (χ4n) is 3.93. The van der Waals surface area contributed by atoms with Crippen LogP contribution in [0, 0.1) is 0 Å². The van der Waals surface area contributed by atoms with Gasteiger partial charge in [-0.05, 0) is 81.1 Å². The third-order valence-electron chi connectivity index (χ3n) is 5.10. The molecule has 0 nitrogen and oxygen atoms in total. The summed E-state index contributed by atoms with van der Waals surface area (Å²) in [6.45, 7) is 11.9. The van der Waals surface area contributed by atoms with E-state index in [1.807, 2.05) is 0 Å². The topological polar surface area (TPSA) is 0 Å². The summed E-state index contributed by atoms with van der Waals surface area (Å²) in [5, 5.41) is 0. The zero-order valence-electron chi connectivity index (χ0n) is 19.1. The SMILES string of the molecule is CCCP(CCC)CCCCP(CCC)CCCCP(CCC)CCC. The van der Waals surface area contributed by atoms with Gasteiger partial charge in [0, 0.05) is 0 Å². The van der Waals surface area contributed by atoms with Crippen LogP contribution < -0.4 is 0 Å². The first-order chi connectivity index (χ1) is 12.7. The maximum absolute atomic E-state index is 2.40. The van der Waals surface area contributed by atoms with Gasteiger partial charge < -0.3 is 0 Å². The van der Waals surface area contributed by atoms with Crippen molar-refractivity contribution in [3.8, 4) is 0 Å². The smallest absolute Gasteiger partial charge is 0.0326 e. The Morgan fingerprint density at radius 3 is 0.692 bits per heavy atom. The molecule has 0 radical (unpaired) electrons. The average molecular weight is 421 g/mol. The minimum Gasteiger partial charge on any atom is -0.107 e. The van der Waals surface area contributed by atoms with Crippen LogP contribution >= 0.6 is 23.8 Å². The Morgan fingerprint density at radius 2 is 0.500 bits per heavy atom. The van der Waals surface area contributed by atoms with Crippen LogP contribution in [0.25, 0.3) is 0 Å². The zero-order valence-corrected chi connectivity index (χ0v) is 21.8. The first-order valence-corrected chi connectivity index (χ1v) is 17.6. The van der Waals surface area contributed by atoms with E-state index in [-0.39, 0.29) is 0 Å². The monoisotopic (exact) mass is 420 g/mol. The molecule has 0 bridgehead atoms. The summed E-state index contributed by atoms with van der Waals surface area (Å²) in [5.41, 5.74) is 0. The van der Waals surface area contributed by atoms with Crippen molar-refractivity contribution < 1.29 is 0 Å². The summed E-state index contributed by atoms with van der Waals surface area (Å²) >= 11 is 0. The highest BCUT2D eigenvalue weighted by Gasteiger charge is 2.10. The quantitative estimate of drug-likeness (QED) is 0.136. The van der Waals surface area contributed by atoms with Crippen LogP contribution in [0.3, 0.4) is 0 Å². The summed E-state index contributed by atoms with van der Waals surface area (Å²) < 4.78 is 0. The van der Waals surface area contributed by atoms with Gasteiger partial charge in [-0.1, -0.05) is 66.7 Å². The largest absolute Gasteiger partial charge is 0.107 e. The lowest BCUT2D eigenvalue weighted by Crippen LogP contribution is -2.00. The molecule has 26 heavy (non-hydrogen) atoms. The second-order valence-corrected chi connectivity index (χ2v) is 16.0. The van der Waals surface area contributed by atoms with Crippen LogP contribution in [0.2, 0.25) is 0 Å². The van der Waals surface area contributed by atoms with E-state index < -0.39 is 0 Å². The van der Waals surface area contributed by atoms with Crippen molar-refractivity contribution in [3.05, 3.63) is 0 Å². The molecule has 0 aromatic rings. The lowest BCUT2D eigenvalue weighted by atomic mass is 10.4. The number of unbranched alkanes of at least 4 members (excludes halogenated alkanes) is 2. The van der Waals surface area contributed by atoms with Crippen LogP contribution in [0.1, 0.15) is 92.4 Å². The van der Waals surface area contributed by atoms with Gasteiger partial charge in [-0.25, -0.2) is 0 Å². The van der Waals surface area contributed by atoms with Crippen LogP contribution in [0.5, 0.6) is 0 Å². The molecule has 0 aromatic heterocycles.